The van der Waals surface area contributed by atoms with Crippen molar-refractivity contribution < 1.29 is 22.0 Å². The van der Waals surface area contributed by atoms with Crippen molar-refractivity contribution in [1.29, 1.82) is 0 Å². The lowest BCUT2D eigenvalue weighted by molar-refractivity contribution is -0.394. The van der Waals surface area contributed by atoms with Crippen LogP contribution in [0.15, 0.2) is 24.4 Å². The van der Waals surface area contributed by atoms with Crippen LogP contribution in [0, 0.1) is 3.70 Å². The quantitative estimate of drug-likeness (QED) is 0.391. The van der Waals surface area contributed by atoms with Gasteiger partial charge in [-0.1, -0.05) is 0 Å². The van der Waals surface area contributed by atoms with E-state index in [4.69, 9.17) is 0 Å². The summed E-state index contributed by atoms with van der Waals surface area (Å²) in [6.45, 7) is 0. The Morgan fingerprint density at radius 2 is 2.12 bits per heavy atom. The SMILES string of the molecule is Ic1cccc[nH+]1.[Br-]. The number of hydrogen-bond acceptors (Lipinski definition) is 0. The molecule has 0 aliphatic rings. The molecule has 1 rings (SSSR count). The largest absolute Gasteiger partial charge is 1.00 e. The van der Waals surface area contributed by atoms with Crippen LogP contribution >= 0.6 is 22.6 Å². The summed E-state index contributed by atoms with van der Waals surface area (Å²) in [7, 11) is 0. The first-order valence-electron chi connectivity index (χ1n) is 2.02. The van der Waals surface area contributed by atoms with Crippen LogP contribution in [0.25, 0.3) is 0 Å². The molecule has 0 aromatic carbocycles. The van der Waals surface area contributed by atoms with Crippen molar-refractivity contribution in [3.63, 3.8) is 0 Å². The molecule has 1 nitrogen and oxygen atoms in total. The Balaban J connectivity index is 0.000000490. The van der Waals surface area contributed by atoms with Gasteiger partial charge in [-0.25, -0.2) is 4.98 Å². The molecule has 3 heteroatoms. The molecule has 1 aromatic heterocycles. The maximum absolute atomic E-state index is 3.02. The zero-order chi connectivity index (χ0) is 5.11. The van der Waals surface area contributed by atoms with E-state index >= 15 is 0 Å². The molecule has 1 N–H and O–H groups in total. The highest BCUT2D eigenvalue weighted by Crippen LogP contribution is 1.90. The molecular weight excluding hydrogens is 281 g/mol. The highest BCUT2D eigenvalue weighted by atomic mass is 127. The third-order valence-corrected chi connectivity index (χ3v) is 1.34. The standard InChI is InChI=1S/C5H4IN.BrH/c6-5-3-1-2-4-7-5;/h1-4H;1H. The van der Waals surface area contributed by atoms with Crippen LogP contribution in [0.2, 0.25) is 0 Å². The normalized spacial score (nSPS) is 7.62. The molecule has 1 heterocycles. The van der Waals surface area contributed by atoms with E-state index in [1.165, 1.54) is 3.70 Å². The number of halogens is 2. The van der Waals surface area contributed by atoms with Crippen LogP contribution in [0.1, 0.15) is 0 Å². The van der Waals surface area contributed by atoms with E-state index in [1.54, 1.807) is 0 Å². The van der Waals surface area contributed by atoms with Gasteiger partial charge in [0.1, 0.15) is 0 Å². The second-order valence-corrected chi connectivity index (χ2v) is 2.37. The molecule has 0 saturated carbocycles. The van der Waals surface area contributed by atoms with Gasteiger partial charge in [0, 0.05) is 34.7 Å². The molecule has 0 aliphatic carbocycles. The zero-order valence-corrected chi connectivity index (χ0v) is 7.81. The average molecular weight is 286 g/mol. The maximum atomic E-state index is 3.02. The summed E-state index contributed by atoms with van der Waals surface area (Å²) in [5, 5.41) is 0. The molecule has 0 bridgehead atoms. The summed E-state index contributed by atoms with van der Waals surface area (Å²) in [6.07, 6.45) is 1.90. The van der Waals surface area contributed by atoms with E-state index in [0.29, 0.717) is 0 Å². The van der Waals surface area contributed by atoms with Crippen LogP contribution in [-0.2, 0) is 0 Å². The van der Waals surface area contributed by atoms with Crippen LogP contribution in [-0.4, -0.2) is 0 Å². The number of pyridine rings is 1. The Hall–Kier alpha value is 0.360. The van der Waals surface area contributed by atoms with E-state index in [0.717, 1.165) is 0 Å². The molecule has 0 radical (unpaired) electrons. The fourth-order valence-electron chi connectivity index (χ4n) is 0.371. The third kappa shape index (κ3) is 2.61. The summed E-state index contributed by atoms with van der Waals surface area (Å²) in [5.74, 6) is 0. The van der Waals surface area contributed by atoms with Gasteiger partial charge in [-0.05, 0) is 6.07 Å². The third-order valence-electron chi connectivity index (χ3n) is 0.671. The lowest BCUT2D eigenvalue weighted by atomic mass is 10.5. The van der Waals surface area contributed by atoms with Gasteiger partial charge in [0.15, 0.2) is 6.20 Å². The molecular formula is C5H5BrIN. The predicted molar refractivity (Wildman–Crippen MR) is 35.7 cm³/mol. The van der Waals surface area contributed by atoms with Crippen molar-refractivity contribution in [2.45, 2.75) is 0 Å². The number of nitrogens with one attached hydrogen (secondary N) is 1. The van der Waals surface area contributed by atoms with Crippen molar-refractivity contribution in [2.75, 3.05) is 0 Å². The Morgan fingerprint density at radius 3 is 2.38 bits per heavy atom. The minimum absolute atomic E-state index is 0. The second kappa shape index (κ2) is 4.26. The topological polar surface area (TPSA) is 14.1 Å². The van der Waals surface area contributed by atoms with Gasteiger partial charge < -0.3 is 17.0 Å². The maximum Gasteiger partial charge on any atom is 0.239 e. The van der Waals surface area contributed by atoms with Gasteiger partial charge in [0.25, 0.3) is 0 Å². The predicted octanol–water partition coefficient (Wildman–Crippen LogP) is -1.89. The molecule has 0 atom stereocenters. The highest BCUT2D eigenvalue weighted by Gasteiger charge is 1.84. The van der Waals surface area contributed by atoms with Crippen LogP contribution < -0.4 is 22.0 Å². The van der Waals surface area contributed by atoms with Gasteiger partial charge in [0.2, 0.25) is 3.70 Å². The average Bonchev–Trinajstić information content (AvgIpc) is 1.69. The van der Waals surface area contributed by atoms with Crippen LogP contribution in [0.5, 0.6) is 0 Å². The first-order chi connectivity index (χ1) is 3.39. The van der Waals surface area contributed by atoms with E-state index in [1.807, 2.05) is 24.4 Å². The van der Waals surface area contributed by atoms with Crippen molar-refractivity contribution >= 4 is 22.6 Å². The van der Waals surface area contributed by atoms with E-state index in [-0.39, 0.29) is 17.0 Å². The molecule has 1 aromatic rings. The highest BCUT2D eigenvalue weighted by molar-refractivity contribution is 14.1. The molecule has 0 aliphatic heterocycles. The molecule has 0 amide bonds. The summed E-state index contributed by atoms with van der Waals surface area (Å²) < 4.78 is 1.17. The van der Waals surface area contributed by atoms with Gasteiger partial charge in [-0.3, -0.25) is 0 Å². The number of aromatic nitrogens is 1. The molecule has 0 fully saturated rings. The molecule has 44 valence electrons. The summed E-state index contributed by atoms with van der Waals surface area (Å²) in [6, 6.07) is 5.97. The van der Waals surface area contributed by atoms with E-state index in [9.17, 15) is 0 Å². The Kier molecular flexibility index (Phi) is 4.45. The van der Waals surface area contributed by atoms with Crippen molar-refractivity contribution in [3.05, 3.63) is 28.1 Å². The van der Waals surface area contributed by atoms with E-state index in [2.05, 4.69) is 27.6 Å². The molecule has 0 spiro atoms. The smallest absolute Gasteiger partial charge is 0.239 e. The minimum atomic E-state index is 0. The Labute approximate surface area is 72.4 Å². The number of hydrogen-bond donors (Lipinski definition) is 0. The fourth-order valence-corrected chi connectivity index (χ4v) is 0.759. The monoisotopic (exact) mass is 285 g/mol. The summed E-state index contributed by atoms with van der Waals surface area (Å²) in [5.41, 5.74) is 0. The van der Waals surface area contributed by atoms with Gasteiger partial charge in [-0.2, -0.15) is 0 Å². The fraction of sp³-hybridized carbons (Fsp3) is 0. The van der Waals surface area contributed by atoms with E-state index < -0.39 is 0 Å². The Bertz CT molecular complexity index is 142. The first-order valence-corrected chi connectivity index (χ1v) is 3.10. The molecule has 8 heavy (non-hydrogen) atoms. The zero-order valence-electron chi connectivity index (χ0n) is 4.07. The lowest BCUT2D eigenvalue weighted by Gasteiger charge is -1.72. The van der Waals surface area contributed by atoms with Gasteiger partial charge in [0.05, 0.1) is 0 Å². The number of H-pyrrole nitrogens is 1. The molecule has 0 saturated heterocycles. The minimum Gasteiger partial charge on any atom is -1.00 e. The lowest BCUT2D eigenvalue weighted by Crippen LogP contribution is -3.00. The summed E-state index contributed by atoms with van der Waals surface area (Å²) in [4.78, 5) is 3.02. The van der Waals surface area contributed by atoms with Gasteiger partial charge in [-0.15, -0.1) is 0 Å². The molecule has 0 unspecified atom stereocenters. The van der Waals surface area contributed by atoms with Crippen molar-refractivity contribution in [3.8, 4) is 0 Å². The van der Waals surface area contributed by atoms with Gasteiger partial charge >= 0.3 is 0 Å². The first kappa shape index (κ1) is 8.36. The van der Waals surface area contributed by atoms with Crippen LogP contribution in [0.3, 0.4) is 0 Å². The number of rotatable bonds is 0. The Morgan fingerprint density at radius 1 is 1.38 bits per heavy atom. The number of aromatic amines is 1. The van der Waals surface area contributed by atoms with Crippen LogP contribution in [0.4, 0.5) is 0 Å². The second-order valence-electron chi connectivity index (χ2n) is 1.21. The van der Waals surface area contributed by atoms with Crippen molar-refractivity contribution in [2.24, 2.45) is 0 Å². The van der Waals surface area contributed by atoms with Crippen molar-refractivity contribution in [1.82, 2.24) is 0 Å². The summed E-state index contributed by atoms with van der Waals surface area (Å²) >= 11 is 2.22.